The second kappa shape index (κ2) is 5.32. The summed E-state index contributed by atoms with van der Waals surface area (Å²) in [6.07, 6.45) is 2.31. The zero-order chi connectivity index (χ0) is 12.3. The molecule has 17 heavy (non-hydrogen) atoms. The van der Waals surface area contributed by atoms with E-state index in [2.05, 4.69) is 41.1 Å². The standard InChI is InChI=1S/C14H18N2S/c1-11(2)10-15-14(17)16-9-5-7-12-6-3-4-8-13(12)16/h3-4,6,8H,1,5,7,9-10H2,2H3,(H,15,17). The van der Waals surface area contributed by atoms with Crippen LogP contribution < -0.4 is 10.2 Å². The van der Waals surface area contributed by atoms with Crippen molar-refractivity contribution in [3.8, 4) is 0 Å². The number of hydrogen-bond acceptors (Lipinski definition) is 1. The van der Waals surface area contributed by atoms with Crippen LogP contribution >= 0.6 is 12.2 Å². The Hall–Kier alpha value is -1.35. The van der Waals surface area contributed by atoms with Crippen LogP contribution in [0.1, 0.15) is 18.9 Å². The number of para-hydroxylation sites is 1. The second-order valence-electron chi connectivity index (χ2n) is 4.50. The number of benzene rings is 1. The zero-order valence-corrected chi connectivity index (χ0v) is 11.0. The molecule has 1 aromatic carbocycles. The van der Waals surface area contributed by atoms with Gasteiger partial charge in [0.1, 0.15) is 0 Å². The molecule has 0 saturated carbocycles. The smallest absolute Gasteiger partial charge is 0.173 e. The van der Waals surface area contributed by atoms with Crippen LogP contribution in [0, 0.1) is 0 Å². The summed E-state index contributed by atoms with van der Waals surface area (Å²) in [6, 6.07) is 8.48. The maximum absolute atomic E-state index is 5.44. The summed E-state index contributed by atoms with van der Waals surface area (Å²) in [4.78, 5) is 2.19. The van der Waals surface area contributed by atoms with Gasteiger partial charge in [-0.25, -0.2) is 0 Å². The molecular weight excluding hydrogens is 228 g/mol. The van der Waals surface area contributed by atoms with E-state index in [0.717, 1.165) is 36.6 Å². The maximum Gasteiger partial charge on any atom is 0.173 e. The van der Waals surface area contributed by atoms with Crippen molar-refractivity contribution in [2.24, 2.45) is 0 Å². The Bertz CT molecular complexity index is 440. The van der Waals surface area contributed by atoms with Crippen molar-refractivity contribution in [1.82, 2.24) is 5.32 Å². The number of rotatable bonds is 2. The first kappa shape index (κ1) is 12.1. The molecule has 90 valence electrons. The molecule has 0 unspecified atom stereocenters. The van der Waals surface area contributed by atoms with Crippen LogP contribution in [0.5, 0.6) is 0 Å². The Morgan fingerprint density at radius 1 is 1.47 bits per heavy atom. The summed E-state index contributed by atoms with van der Waals surface area (Å²) in [5.41, 5.74) is 3.73. The molecule has 1 aliphatic heterocycles. The third kappa shape index (κ3) is 2.86. The third-order valence-electron chi connectivity index (χ3n) is 2.90. The molecule has 0 fully saturated rings. The lowest BCUT2D eigenvalue weighted by molar-refractivity contribution is 0.768. The van der Waals surface area contributed by atoms with Gasteiger partial charge >= 0.3 is 0 Å². The third-order valence-corrected chi connectivity index (χ3v) is 3.26. The molecule has 0 atom stereocenters. The van der Waals surface area contributed by atoms with E-state index in [-0.39, 0.29) is 0 Å². The Morgan fingerprint density at radius 2 is 2.24 bits per heavy atom. The molecule has 0 aliphatic carbocycles. The lowest BCUT2D eigenvalue weighted by Gasteiger charge is -2.31. The van der Waals surface area contributed by atoms with E-state index in [9.17, 15) is 0 Å². The number of aryl methyl sites for hydroxylation is 1. The molecule has 1 aliphatic rings. The number of nitrogens with one attached hydrogen (secondary N) is 1. The van der Waals surface area contributed by atoms with Crippen molar-refractivity contribution >= 4 is 23.0 Å². The van der Waals surface area contributed by atoms with E-state index in [0.29, 0.717) is 0 Å². The summed E-state index contributed by atoms with van der Waals surface area (Å²) < 4.78 is 0. The average Bonchev–Trinajstić information content (AvgIpc) is 2.35. The Balaban J connectivity index is 2.12. The first-order valence-electron chi connectivity index (χ1n) is 5.96. The SMILES string of the molecule is C=C(C)CNC(=S)N1CCCc2ccccc21. The van der Waals surface area contributed by atoms with Crippen molar-refractivity contribution in [2.45, 2.75) is 19.8 Å². The van der Waals surface area contributed by atoms with Gasteiger partial charge < -0.3 is 10.2 Å². The highest BCUT2D eigenvalue weighted by atomic mass is 32.1. The molecule has 0 bridgehead atoms. The molecule has 1 N–H and O–H groups in total. The monoisotopic (exact) mass is 246 g/mol. The van der Waals surface area contributed by atoms with Crippen molar-refractivity contribution in [1.29, 1.82) is 0 Å². The molecular formula is C14H18N2S. The minimum absolute atomic E-state index is 0.748. The van der Waals surface area contributed by atoms with Gasteiger partial charge in [-0.3, -0.25) is 0 Å². The summed E-state index contributed by atoms with van der Waals surface area (Å²) in [7, 11) is 0. The summed E-state index contributed by atoms with van der Waals surface area (Å²) in [5, 5.41) is 4.06. The largest absolute Gasteiger partial charge is 0.359 e. The molecule has 2 rings (SSSR count). The minimum Gasteiger partial charge on any atom is -0.359 e. The molecule has 2 nitrogen and oxygen atoms in total. The van der Waals surface area contributed by atoms with Crippen molar-refractivity contribution in [3.63, 3.8) is 0 Å². The van der Waals surface area contributed by atoms with Gasteiger partial charge in [-0.15, -0.1) is 0 Å². The van der Waals surface area contributed by atoms with Crippen molar-refractivity contribution in [2.75, 3.05) is 18.0 Å². The van der Waals surface area contributed by atoms with Gasteiger partial charge in [0.25, 0.3) is 0 Å². The van der Waals surface area contributed by atoms with Gasteiger partial charge in [-0.2, -0.15) is 0 Å². The van der Waals surface area contributed by atoms with Gasteiger partial charge in [0.2, 0.25) is 0 Å². The topological polar surface area (TPSA) is 15.3 Å². The zero-order valence-electron chi connectivity index (χ0n) is 10.2. The van der Waals surface area contributed by atoms with E-state index in [1.807, 2.05) is 6.92 Å². The van der Waals surface area contributed by atoms with Gasteiger partial charge in [-0.1, -0.05) is 30.4 Å². The summed E-state index contributed by atoms with van der Waals surface area (Å²) in [5.74, 6) is 0. The lowest BCUT2D eigenvalue weighted by Crippen LogP contribution is -2.43. The van der Waals surface area contributed by atoms with Crippen LogP contribution in [-0.4, -0.2) is 18.2 Å². The highest BCUT2D eigenvalue weighted by molar-refractivity contribution is 7.80. The molecule has 1 heterocycles. The van der Waals surface area contributed by atoms with Gasteiger partial charge in [0.15, 0.2) is 5.11 Å². The molecule has 0 spiro atoms. The fraction of sp³-hybridized carbons (Fsp3) is 0.357. The predicted molar refractivity (Wildman–Crippen MR) is 77.5 cm³/mol. The van der Waals surface area contributed by atoms with E-state index >= 15 is 0 Å². The highest BCUT2D eigenvalue weighted by Gasteiger charge is 2.18. The molecule has 0 amide bonds. The van der Waals surface area contributed by atoms with E-state index in [4.69, 9.17) is 12.2 Å². The first-order chi connectivity index (χ1) is 8.18. The fourth-order valence-electron chi connectivity index (χ4n) is 2.07. The average molecular weight is 246 g/mol. The van der Waals surface area contributed by atoms with Crippen molar-refractivity contribution in [3.05, 3.63) is 42.0 Å². The minimum atomic E-state index is 0.748. The summed E-state index contributed by atoms with van der Waals surface area (Å²) >= 11 is 5.44. The first-order valence-corrected chi connectivity index (χ1v) is 6.37. The van der Waals surface area contributed by atoms with Crippen LogP contribution in [0.3, 0.4) is 0 Å². The lowest BCUT2D eigenvalue weighted by atomic mass is 10.0. The van der Waals surface area contributed by atoms with Crippen LogP contribution in [-0.2, 0) is 6.42 Å². The molecule has 3 heteroatoms. The molecule has 0 saturated heterocycles. The molecule has 0 aromatic heterocycles. The van der Waals surface area contributed by atoms with Gasteiger partial charge in [0, 0.05) is 18.8 Å². The Labute approximate surface area is 108 Å². The van der Waals surface area contributed by atoms with E-state index in [1.165, 1.54) is 11.3 Å². The number of anilines is 1. The quantitative estimate of drug-likeness (QED) is 0.638. The van der Waals surface area contributed by atoms with Crippen LogP contribution in [0.15, 0.2) is 36.4 Å². The van der Waals surface area contributed by atoms with Crippen LogP contribution in [0.4, 0.5) is 5.69 Å². The number of nitrogens with zero attached hydrogens (tertiary/aromatic N) is 1. The van der Waals surface area contributed by atoms with Gasteiger partial charge in [0.05, 0.1) is 0 Å². The second-order valence-corrected chi connectivity index (χ2v) is 4.89. The number of fused-ring (bicyclic) bond motifs is 1. The molecule has 1 aromatic rings. The maximum atomic E-state index is 5.44. The van der Waals surface area contributed by atoms with Gasteiger partial charge in [-0.05, 0) is 43.6 Å². The van der Waals surface area contributed by atoms with E-state index in [1.54, 1.807) is 0 Å². The summed E-state index contributed by atoms with van der Waals surface area (Å²) in [6.45, 7) is 7.62. The highest BCUT2D eigenvalue weighted by Crippen LogP contribution is 2.26. The normalized spacial score (nSPS) is 14.1. The fourth-order valence-corrected chi connectivity index (χ4v) is 2.33. The predicted octanol–water partition coefficient (Wildman–Crippen LogP) is 2.89. The van der Waals surface area contributed by atoms with E-state index < -0.39 is 0 Å². The van der Waals surface area contributed by atoms with Crippen molar-refractivity contribution < 1.29 is 0 Å². The van der Waals surface area contributed by atoms with Crippen LogP contribution in [0.25, 0.3) is 0 Å². The Morgan fingerprint density at radius 3 is 3.00 bits per heavy atom. The number of thiocarbonyl (C=S) groups is 1. The Kier molecular flexibility index (Phi) is 3.79. The molecule has 0 radical (unpaired) electrons. The number of hydrogen-bond donors (Lipinski definition) is 1. The van der Waals surface area contributed by atoms with Crippen LogP contribution in [0.2, 0.25) is 0 Å².